The molecule has 1 aromatic carbocycles. The number of esters is 2. The summed E-state index contributed by atoms with van der Waals surface area (Å²) in [5, 5.41) is 30.0. The third kappa shape index (κ3) is 6.07. The first kappa shape index (κ1) is 32.6. The van der Waals surface area contributed by atoms with Gasteiger partial charge in [-0.1, -0.05) is 29.3 Å². The van der Waals surface area contributed by atoms with Crippen LogP contribution in [0.3, 0.4) is 0 Å². The summed E-state index contributed by atoms with van der Waals surface area (Å²) in [4.78, 5) is 60.1. The summed E-state index contributed by atoms with van der Waals surface area (Å²) >= 11 is 13.3. The highest BCUT2D eigenvalue weighted by molar-refractivity contribution is 6.36. The van der Waals surface area contributed by atoms with E-state index < -0.39 is 63.7 Å². The number of aromatic amines is 2. The Morgan fingerprint density at radius 1 is 0.800 bits per heavy atom. The van der Waals surface area contributed by atoms with Crippen LogP contribution in [0, 0.1) is 0 Å². The fourth-order valence-corrected chi connectivity index (χ4v) is 6.82. The number of ether oxygens (including phenoxy) is 2. The summed E-state index contributed by atoms with van der Waals surface area (Å²) in [6, 6.07) is 3.52. The van der Waals surface area contributed by atoms with E-state index in [4.69, 9.17) is 32.7 Å². The van der Waals surface area contributed by atoms with Crippen LogP contribution in [-0.2, 0) is 9.47 Å². The van der Waals surface area contributed by atoms with E-state index >= 15 is 0 Å². The van der Waals surface area contributed by atoms with Gasteiger partial charge in [-0.25, -0.2) is 9.59 Å². The molecule has 5 rings (SSSR count). The van der Waals surface area contributed by atoms with Crippen LogP contribution in [0.25, 0.3) is 0 Å². The van der Waals surface area contributed by atoms with Gasteiger partial charge in [-0.05, 0) is 64.8 Å². The number of carbonyl (C=O) groups is 2. The second-order valence-electron chi connectivity index (χ2n) is 10.8. The topological polar surface area (TPSA) is 183 Å². The van der Waals surface area contributed by atoms with Gasteiger partial charge in [-0.2, -0.15) is 0 Å². The van der Waals surface area contributed by atoms with Gasteiger partial charge >= 0.3 is 11.9 Å². The molecular weight excluding hydrogens is 627 g/mol. The van der Waals surface area contributed by atoms with Crippen molar-refractivity contribution in [3.63, 3.8) is 0 Å². The van der Waals surface area contributed by atoms with E-state index in [1.165, 1.54) is 18.2 Å². The minimum atomic E-state index is -1.66. The minimum absolute atomic E-state index is 0.0106. The van der Waals surface area contributed by atoms with Crippen LogP contribution >= 0.6 is 23.2 Å². The van der Waals surface area contributed by atoms with Gasteiger partial charge in [0.1, 0.15) is 22.6 Å². The maximum atomic E-state index is 14.0. The highest BCUT2D eigenvalue weighted by Gasteiger charge is 2.39. The van der Waals surface area contributed by atoms with Gasteiger partial charge in [-0.15, -0.1) is 0 Å². The molecule has 2 aliphatic heterocycles. The van der Waals surface area contributed by atoms with E-state index in [0.717, 1.165) is 12.8 Å². The summed E-state index contributed by atoms with van der Waals surface area (Å²) in [6.07, 6.45) is 2.66. The third-order valence-electron chi connectivity index (χ3n) is 8.15. The lowest BCUT2D eigenvalue weighted by molar-refractivity contribution is 0.0510. The Bertz CT molecular complexity index is 1620. The van der Waals surface area contributed by atoms with Crippen molar-refractivity contribution in [2.45, 2.75) is 57.5 Å². The molecule has 2 unspecified atom stereocenters. The zero-order valence-electron chi connectivity index (χ0n) is 24.7. The zero-order chi connectivity index (χ0) is 32.4. The monoisotopic (exact) mass is 660 g/mol. The Balaban J connectivity index is 1.88. The molecule has 0 spiro atoms. The third-order valence-corrected chi connectivity index (χ3v) is 8.81. The highest BCUT2D eigenvalue weighted by Crippen LogP contribution is 2.46. The number of rotatable bonds is 9. The zero-order valence-corrected chi connectivity index (χ0v) is 26.2. The maximum absolute atomic E-state index is 14.0. The summed E-state index contributed by atoms with van der Waals surface area (Å²) < 4.78 is 10.5. The molecule has 240 valence electrons. The number of halogens is 2. The lowest BCUT2D eigenvalue weighted by Crippen LogP contribution is -2.31. The van der Waals surface area contributed by atoms with Crippen molar-refractivity contribution in [3.8, 4) is 11.5 Å². The first-order valence-electron chi connectivity index (χ1n) is 14.8. The number of nitrogens with one attached hydrogen (secondary N) is 4. The van der Waals surface area contributed by atoms with Crippen molar-refractivity contribution < 1.29 is 29.3 Å². The maximum Gasteiger partial charge on any atom is 0.343 e. The number of benzene rings is 1. The Hall–Kier alpha value is -3.84. The van der Waals surface area contributed by atoms with Crippen molar-refractivity contribution in [1.29, 1.82) is 0 Å². The van der Waals surface area contributed by atoms with Crippen molar-refractivity contribution >= 4 is 35.1 Å². The van der Waals surface area contributed by atoms with Crippen LogP contribution in [0.4, 0.5) is 0 Å². The first-order chi connectivity index (χ1) is 21.6. The van der Waals surface area contributed by atoms with Gasteiger partial charge in [-0.3, -0.25) is 9.59 Å². The molecule has 4 heterocycles. The predicted octanol–water partition coefficient (Wildman–Crippen LogP) is 4.16. The van der Waals surface area contributed by atoms with E-state index in [9.17, 15) is 29.4 Å². The lowest BCUT2D eigenvalue weighted by Gasteiger charge is -2.26. The molecule has 0 radical (unpaired) electrons. The fourth-order valence-electron chi connectivity index (χ4n) is 6.20. The Morgan fingerprint density at radius 2 is 1.22 bits per heavy atom. The second-order valence-corrected chi connectivity index (χ2v) is 11.6. The number of H-pyrrole nitrogens is 2. The number of carbonyl (C=O) groups excluding carboxylic acids is 2. The molecule has 0 aliphatic carbocycles. The van der Waals surface area contributed by atoms with Crippen LogP contribution in [0.15, 0.2) is 27.8 Å². The van der Waals surface area contributed by atoms with E-state index in [-0.39, 0.29) is 51.3 Å². The summed E-state index contributed by atoms with van der Waals surface area (Å²) in [5.74, 6) is -5.03. The smallest absolute Gasteiger partial charge is 0.343 e. The molecule has 45 heavy (non-hydrogen) atoms. The number of aromatic hydroxyl groups is 2. The van der Waals surface area contributed by atoms with Crippen LogP contribution in [0.1, 0.15) is 106 Å². The van der Waals surface area contributed by atoms with Gasteiger partial charge in [0.2, 0.25) is 0 Å². The average Bonchev–Trinajstić information content (AvgIpc) is 3.72. The number of aromatic nitrogens is 2. The van der Waals surface area contributed by atoms with Gasteiger partial charge in [0.15, 0.2) is 0 Å². The Kier molecular flexibility index (Phi) is 9.88. The second kappa shape index (κ2) is 13.7. The Labute approximate surface area is 268 Å². The minimum Gasteiger partial charge on any atom is -0.506 e. The van der Waals surface area contributed by atoms with Crippen LogP contribution < -0.4 is 21.8 Å². The lowest BCUT2D eigenvalue weighted by atomic mass is 9.82. The molecule has 0 amide bonds. The van der Waals surface area contributed by atoms with E-state index in [0.29, 0.717) is 25.9 Å². The molecule has 0 saturated carbocycles. The molecule has 2 aliphatic rings. The van der Waals surface area contributed by atoms with Crippen LogP contribution in [0.5, 0.6) is 11.5 Å². The molecule has 12 nitrogen and oxygen atoms in total. The molecular formula is C31H34Cl2N4O8. The highest BCUT2D eigenvalue weighted by atomic mass is 35.5. The molecule has 0 bridgehead atoms. The molecule has 2 aromatic heterocycles. The largest absolute Gasteiger partial charge is 0.506 e. The van der Waals surface area contributed by atoms with Gasteiger partial charge < -0.3 is 40.3 Å². The SMILES string of the molecule is CCOC(=O)c1c(C2CCCN2)[nH]c(=O)c(C(c2c(Cl)cccc2Cl)c2c(O)c(C(=O)OCC)c(C3CCCN3)[nH]c2=O)c1O. The van der Waals surface area contributed by atoms with E-state index in [1.807, 2.05) is 0 Å². The number of hydrogen-bond donors (Lipinski definition) is 6. The van der Waals surface area contributed by atoms with E-state index in [2.05, 4.69) is 20.6 Å². The Morgan fingerprint density at radius 3 is 1.58 bits per heavy atom. The standard InChI is InChI=1S/C31H34Cl2N4O8/c1-3-44-30(42)22-24(16-10-6-12-34-16)36-28(40)20(26(22)38)19(18-14(32)8-5-9-15(18)33)21-27(39)23(31(43)45-4-2)25(37-29(21)41)17-11-7-13-35-17/h5,8-9,16-17,19,34-35H,3-4,6-7,10-13H2,1-2H3,(H2,36,38,40)(H2,37,39,41). The quantitative estimate of drug-likeness (QED) is 0.182. The number of hydrogen-bond acceptors (Lipinski definition) is 10. The van der Waals surface area contributed by atoms with Gasteiger partial charge in [0.25, 0.3) is 11.1 Å². The van der Waals surface area contributed by atoms with Crippen LogP contribution in [0.2, 0.25) is 10.0 Å². The molecule has 2 saturated heterocycles. The van der Waals surface area contributed by atoms with Crippen molar-refractivity contribution in [2.24, 2.45) is 0 Å². The molecule has 14 heteroatoms. The normalized spacial score (nSPS) is 18.6. The van der Waals surface area contributed by atoms with Crippen molar-refractivity contribution in [1.82, 2.24) is 20.6 Å². The van der Waals surface area contributed by atoms with Gasteiger partial charge in [0.05, 0.1) is 41.6 Å². The average molecular weight is 662 g/mol. The fraction of sp³-hybridized carbons (Fsp3) is 0.419. The van der Waals surface area contributed by atoms with Crippen LogP contribution in [-0.4, -0.2) is 58.4 Å². The predicted molar refractivity (Wildman–Crippen MR) is 167 cm³/mol. The molecule has 6 N–H and O–H groups in total. The molecule has 3 aromatic rings. The molecule has 2 atom stereocenters. The van der Waals surface area contributed by atoms with Crippen molar-refractivity contribution in [2.75, 3.05) is 26.3 Å². The van der Waals surface area contributed by atoms with Gasteiger partial charge in [0, 0.05) is 27.7 Å². The van der Waals surface area contributed by atoms with Crippen molar-refractivity contribution in [3.05, 3.63) is 88.2 Å². The van der Waals surface area contributed by atoms with E-state index in [1.54, 1.807) is 13.8 Å². The number of pyridine rings is 2. The summed E-state index contributed by atoms with van der Waals surface area (Å²) in [5.41, 5.74) is -3.16. The first-order valence-corrected chi connectivity index (χ1v) is 15.6. The molecule has 2 fully saturated rings. The summed E-state index contributed by atoms with van der Waals surface area (Å²) in [6.45, 7) is 4.39. The summed E-state index contributed by atoms with van der Waals surface area (Å²) in [7, 11) is 0.